The highest BCUT2D eigenvalue weighted by Gasteiger charge is 2.25. The van der Waals surface area contributed by atoms with Crippen molar-refractivity contribution in [3.8, 4) is 0 Å². The number of pyridine rings is 1. The lowest BCUT2D eigenvalue weighted by atomic mass is 10.2. The normalized spacial score (nSPS) is 16.3. The van der Waals surface area contributed by atoms with Crippen molar-refractivity contribution in [2.24, 2.45) is 5.92 Å². The maximum atomic E-state index is 6.06. The van der Waals surface area contributed by atoms with Gasteiger partial charge in [0.25, 0.3) is 0 Å². The predicted octanol–water partition coefficient (Wildman–Crippen LogP) is 4.29. The third-order valence-electron chi connectivity index (χ3n) is 4.75. The second-order valence-electron chi connectivity index (χ2n) is 7.48. The van der Waals surface area contributed by atoms with Gasteiger partial charge in [0.2, 0.25) is 0 Å². The molecule has 1 atom stereocenters. The van der Waals surface area contributed by atoms with Gasteiger partial charge in [-0.15, -0.1) is 11.3 Å². The van der Waals surface area contributed by atoms with Crippen molar-refractivity contribution in [2.45, 2.75) is 39.3 Å². The van der Waals surface area contributed by atoms with Crippen molar-refractivity contribution in [1.29, 1.82) is 0 Å². The first-order valence-electron chi connectivity index (χ1n) is 9.72. The van der Waals surface area contributed by atoms with Crippen LogP contribution in [0.1, 0.15) is 31.6 Å². The minimum Gasteiger partial charge on any atom is -0.379 e. The van der Waals surface area contributed by atoms with Gasteiger partial charge in [0, 0.05) is 24.2 Å². The maximum Gasteiger partial charge on any atom is 0.128 e. The lowest BCUT2D eigenvalue weighted by molar-refractivity contribution is 0.0567. The fourth-order valence-corrected chi connectivity index (χ4v) is 4.16. The zero-order chi connectivity index (χ0) is 18.2. The molecule has 1 aliphatic rings. The van der Waals surface area contributed by atoms with E-state index in [-0.39, 0.29) is 0 Å². The minimum atomic E-state index is 0.415. The van der Waals surface area contributed by atoms with Gasteiger partial charge in [-0.05, 0) is 55.4 Å². The second kappa shape index (κ2) is 10.0. The van der Waals surface area contributed by atoms with Gasteiger partial charge in [0.05, 0.1) is 19.2 Å². The van der Waals surface area contributed by atoms with Crippen molar-refractivity contribution in [3.63, 3.8) is 0 Å². The molecule has 1 saturated heterocycles. The molecule has 4 nitrogen and oxygen atoms in total. The summed E-state index contributed by atoms with van der Waals surface area (Å²) in [4.78, 5) is 11.0. The fourth-order valence-electron chi connectivity index (χ4n) is 3.45. The Morgan fingerprint density at radius 2 is 2.00 bits per heavy atom. The Labute approximate surface area is 161 Å². The third-order valence-corrected chi connectivity index (χ3v) is 5.61. The standard InChI is InChI=1S/C21H31N3OS/c1-18(2)16-25-17-19(23-11-5-6-12-23)14-24(15-20-8-7-13-26-20)21-9-3-4-10-22-21/h3-4,7-10,13,18-19H,5-6,11-12,14-17H2,1-2H3. The summed E-state index contributed by atoms with van der Waals surface area (Å²) in [5.41, 5.74) is 0. The van der Waals surface area contributed by atoms with Crippen molar-refractivity contribution < 1.29 is 4.74 Å². The van der Waals surface area contributed by atoms with Crippen LogP contribution in [0, 0.1) is 5.92 Å². The van der Waals surface area contributed by atoms with Crippen LogP contribution in [0.25, 0.3) is 0 Å². The lowest BCUT2D eigenvalue weighted by Gasteiger charge is -2.33. The van der Waals surface area contributed by atoms with Crippen molar-refractivity contribution in [2.75, 3.05) is 37.7 Å². The number of hydrogen-bond acceptors (Lipinski definition) is 5. The Hall–Kier alpha value is -1.43. The van der Waals surface area contributed by atoms with E-state index >= 15 is 0 Å². The van der Waals surface area contributed by atoms with E-state index in [1.54, 1.807) is 0 Å². The Morgan fingerprint density at radius 1 is 1.15 bits per heavy atom. The van der Waals surface area contributed by atoms with Gasteiger partial charge < -0.3 is 9.64 Å². The van der Waals surface area contributed by atoms with Gasteiger partial charge in [-0.25, -0.2) is 4.98 Å². The first-order chi connectivity index (χ1) is 12.7. The molecule has 26 heavy (non-hydrogen) atoms. The molecule has 0 amide bonds. The van der Waals surface area contributed by atoms with Crippen molar-refractivity contribution >= 4 is 17.2 Å². The van der Waals surface area contributed by atoms with E-state index in [9.17, 15) is 0 Å². The third kappa shape index (κ3) is 5.79. The highest BCUT2D eigenvalue weighted by atomic mass is 32.1. The molecular weight excluding hydrogens is 342 g/mol. The quantitative estimate of drug-likeness (QED) is 0.621. The van der Waals surface area contributed by atoms with Crippen LogP contribution in [0.3, 0.4) is 0 Å². The number of likely N-dealkylation sites (tertiary alicyclic amines) is 1. The van der Waals surface area contributed by atoms with Gasteiger partial charge in [-0.3, -0.25) is 4.90 Å². The zero-order valence-electron chi connectivity index (χ0n) is 16.0. The summed E-state index contributed by atoms with van der Waals surface area (Å²) in [6.07, 6.45) is 4.49. The molecule has 2 aromatic rings. The molecule has 0 radical (unpaired) electrons. The number of rotatable bonds is 10. The van der Waals surface area contributed by atoms with E-state index in [1.165, 1.54) is 30.8 Å². The molecule has 3 heterocycles. The smallest absolute Gasteiger partial charge is 0.128 e. The average Bonchev–Trinajstić information content (AvgIpc) is 3.34. The molecule has 1 fully saturated rings. The summed E-state index contributed by atoms with van der Waals surface area (Å²) in [5, 5.41) is 2.15. The predicted molar refractivity (Wildman–Crippen MR) is 110 cm³/mol. The van der Waals surface area contributed by atoms with Crippen LogP contribution in [0.2, 0.25) is 0 Å². The van der Waals surface area contributed by atoms with Crippen LogP contribution < -0.4 is 4.90 Å². The average molecular weight is 374 g/mol. The van der Waals surface area contributed by atoms with E-state index in [0.29, 0.717) is 12.0 Å². The number of anilines is 1. The van der Waals surface area contributed by atoms with Crippen LogP contribution in [-0.4, -0.2) is 48.8 Å². The van der Waals surface area contributed by atoms with Gasteiger partial charge >= 0.3 is 0 Å². The van der Waals surface area contributed by atoms with Crippen LogP contribution in [-0.2, 0) is 11.3 Å². The van der Waals surface area contributed by atoms with Gasteiger partial charge in [0.15, 0.2) is 0 Å². The lowest BCUT2D eigenvalue weighted by Crippen LogP contribution is -2.45. The van der Waals surface area contributed by atoms with Crippen molar-refractivity contribution in [1.82, 2.24) is 9.88 Å². The Kier molecular flexibility index (Phi) is 7.47. The molecule has 0 spiro atoms. The summed E-state index contributed by atoms with van der Waals surface area (Å²) in [6, 6.07) is 10.9. The molecule has 3 rings (SSSR count). The summed E-state index contributed by atoms with van der Waals surface area (Å²) >= 11 is 1.81. The van der Waals surface area contributed by atoms with E-state index in [2.05, 4.69) is 58.3 Å². The van der Waals surface area contributed by atoms with Crippen LogP contribution in [0.4, 0.5) is 5.82 Å². The first kappa shape index (κ1) is 19.3. The van der Waals surface area contributed by atoms with Gasteiger partial charge in [-0.2, -0.15) is 0 Å². The van der Waals surface area contributed by atoms with E-state index in [0.717, 1.165) is 32.1 Å². The number of ether oxygens (including phenoxy) is 1. The Morgan fingerprint density at radius 3 is 2.65 bits per heavy atom. The fraction of sp³-hybridized carbons (Fsp3) is 0.571. The van der Waals surface area contributed by atoms with E-state index < -0.39 is 0 Å². The van der Waals surface area contributed by atoms with Crippen LogP contribution in [0.5, 0.6) is 0 Å². The highest BCUT2D eigenvalue weighted by molar-refractivity contribution is 7.09. The van der Waals surface area contributed by atoms with Gasteiger partial charge in [-0.1, -0.05) is 26.0 Å². The molecule has 0 bridgehead atoms. The first-order valence-corrected chi connectivity index (χ1v) is 10.6. The molecule has 0 aromatic carbocycles. The number of nitrogens with zero attached hydrogens (tertiary/aromatic N) is 3. The molecule has 1 aliphatic heterocycles. The van der Waals surface area contributed by atoms with Crippen LogP contribution >= 0.6 is 11.3 Å². The van der Waals surface area contributed by atoms with Gasteiger partial charge in [0.1, 0.15) is 5.82 Å². The van der Waals surface area contributed by atoms with Crippen molar-refractivity contribution in [3.05, 3.63) is 46.8 Å². The molecule has 142 valence electrons. The summed E-state index contributed by atoms with van der Waals surface area (Å²) < 4.78 is 6.06. The number of hydrogen-bond donors (Lipinski definition) is 0. The molecule has 2 aromatic heterocycles. The molecular formula is C21H31N3OS. The molecule has 1 unspecified atom stereocenters. The molecule has 5 heteroatoms. The Balaban J connectivity index is 1.71. The topological polar surface area (TPSA) is 28.6 Å². The largest absolute Gasteiger partial charge is 0.379 e. The summed E-state index contributed by atoms with van der Waals surface area (Å²) in [7, 11) is 0. The second-order valence-corrected chi connectivity index (χ2v) is 8.51. The monoisotopic (exact) mass is 373 g/mol. The summed E-state index contributed by atoms with van der Waals surface area (Å²) in [6.45, 7) is 10.3. The van der Waals surface area contributed by atoms with E-state index in [4.69, 9.17) is 4.74 Å². The zero-order valence-corrected chi connectivity index (χ0v) is 16.8. The number of aromatic nitrogens is 1. The summed E-state index contributed by atoms with van der Waals surface area (Å²) in [5.74, 6) is 1.63. The molecule has 0 N–H and O–H groups in total. The highest BCUT2D eigenvalue weighted by Crippen LogP contribution is 2.21. The molecule has 0 aliphatic carbocycles. The Bertz CT molecular complexity index is 611. The minimum absolute atomic E-state index is 0.415. The van der Waals surface area contributed by atoms with Crippen LogP contribution in [0.15, 0.2) is 41.9 Å². The maximum absolute atomic E-state index is 6.06. The molecule has 0 saturated carbocycles. The van der Waals surface area contributed by atoms with E-state index in [1.807, 2.05) is 23.6 Å². The SMILES string of the molecule is CC(C)COCC(CN(Cc1cccs1)c1ccccn1)N1CCCC1. The number of thiophene rings is 1.